The van der Waals surface area contributed by atoms with Gasteiger partial charge in [0.2, 0.25) is 5.95 Å². The van der Waals surface area contributed by atoms with Crippen LogP contribution in [0.15, 0.2) is 6.07 Å². The summed E-state index contributed by atoms with van der Waals surface area (Å²) in [6.45, 7) is 2.87. The van der Waals surface area contributed by atoms with Crippen LogP contribution in [0.1, 0.15) is 13.3 Å². The minimum atomic E-state index is -1.03. The number of hydrogen-bond acceptors (Lipinski definition) is 3. The predicted octanol–water partition coefficient (Wildman–Crippen LogP) is 1.82. The molecule has 0 spiro atoms. The van der Waals surface area contributed by atoms with Gasteiger partial charge in [0, 0.05) is 12.6 Å². The Morgan fingerprint density at radius 3 is 2.79 bits per heavy atom. The lowest BCUT2D eigenvalue weighted by Crippen LogP contribution is -2.08. The molecule has 2 unspecified atom stereocenters. The molecule has 1 aromatic rings. The van der Waals surface area contributed by atoms with Crippen LogP contribution in [-0.4, -0.2) is 16.5 Å². The van der Waals surface area contributed by atoms with Crippen LogP contribution >= 0.6 is 0 Å². The Balaban J connectivity index is 1.95. The number of aromatic nitrogens is 2. The molecule has 0 aliphatic heterocycles. The predicted molar refractivity (Wildman–Crippen MR) is 47.7 cm³/mol. The summed E-state index contributed by atoms with van der Waals surface area (Å²) in [5.74, 6) is 0.688. The average Bonchev–Trinajstić information content (AvgIpc) is 2.77. The first kappa shape index (κ1) is 9.30. The van der Waals surface area contributed by atoms with Crippen molar-refractivity contribution in [3.8, 4) is 0 Å². The maximum absolute atomic E-state index is 12.6. The second-order valence-electron chi connectivity index (χ2n) is 3.70. The van der Waals surface area contributed by atoms with E-state index in [1.807, 2.05) is 0 Å². The van der Waals surface area contributed by atoms with E-state index in [1.54, 1.807) is 0 Å². The Kier molecular flexibility index (Phi) is 2.31. The zero-order valence-electron chi connectivity index (χ0n) is 7.80. The van der Waals surface area contributed by atoms with Crippen LogP contribution in [0.3, 0.4) is 0 Å². The third-order valence-corrected chi connectivity index (χ3v) is 2.49. The van der Waals surface area contributed by atoms with Gasteiger partial charge in [0.1, 0.15) is 5.82 Å². The van der Waals surface area contributed by atoms with Gasteiger partial charge in [-0.15, -0.1) is 0 Å². The van der Waals surface area contributed by atoms with Crippen molar-refractivity contribution in [1.82, 2.24) is 9.97 Å². The van der Waals surface area contributed by atoms with E-state index in [-0.39, 0.29) is 5.82 Å². The third kappa shape index (κ3) is 2.16. The summed E-state index contributed by atoms with van der Waals surface area (Å²) < 4.78 is 25.2. The van der Waals surface area contributed by atoms with Gasteiger partial charge in [-0.3, -0.25) is 0 Å². The van der Waals surface area contributed by atoms with Gasteiger partial charge in [-0.05, 0) is 18.3 Å². The SMILES string of the molecule is CC1CC1CNc1cc(F)nc(F)n1. The molecule has 0 bridgehead atoms. The molecule has 1 saturated carbocycles. The van der Waals surface area contributed by atoms with Crippen molar-refractivity contribution in [2.75, 3.05) is 11.9 Å². The molecular weight excluding hydrogens is 188 g/mol. The molecule has 76 valence electrons. The summed E-state index contributed by atoms with van der Waals surface area (Å²) in [6, 6.07) is 1.09. The zero-order valence-corrected chi connectivity index (χ0v) is 7.80. The molecule has 0 aromatic carbocycles. The standard InChI is InChI=1S/C9H11F2N3/c1-5-2-6(5)4-12-8-3-7(10)13-9(11)14-8/h3,5-6H,2,4H2,1H3,(H,12,13,14). The topological polar surface area (TPSA) is 37.8 Å². The van der Waals surface area contributed by atoms with Gasteiger partial charge >= 0.3 is 6.08 Å². The number of nitrogens with zero attached hydrogens (tertiary/aromatic N) is 2. The van der Waals surface area contributed by atoms with E-state index < -0.39 is 12.0 Å². The molecule has 2 rings (SSSR count). The Morgan fingerprint density at radius 1 is 1.50 bits per heavy atom. The lowest BCUT2D eigenvalue weighted by Gasteiger charge is -2.03. The van der Waals surface area contributed by atoms with Crippen molar-refractivity contribution >= 4 is 5.82 Å². The summed E-state index contributed by atoms with van der Waals surface area (Å²) in [5.41, 5.74) is 0. The quantitative estimate of drug-likeness (QED) is 0.596. The van der Waals surface area contributed by atoms with E-state index in [9.17, 15) is 8.78 Å². The molecule has 1 aliphatic carbocycles. The molecule has 1 fully saturated rings. The minimum Gasteiger partial charge on any atom is -0.370 e. The second kappa shape index (κ2) is 3.48. The van der Waals surface area contributed by atoms with Gasteiger partial charge in [-0.2, -0.15) is 18.7 Å². The van der Waals surface area contributed by atoms with Crippen molar-refractivity contribution in [3.05, 3.63) is 18.1 Å². The molecule has 1 N–H and O–H groups in total. The molecule has 2 atom stereocenters. The third-order valence-electron chi connectivity index (χ3n) is 2.49. The summed E-state index contributed by atoms with van der Waals surface area (Å²) in [5, 5.41) is 2.89. The van der Waals surface area contributed by atoms with Gasteiger partial charge in [0.15, 0.2) is 0 Å². The smallest absolute Gasteiger partial charge is 0.313 e. The van der Waals surface area contributed by atoms with Crippen LogP contribution in [0.2, 0.25) is 0 Å². The first-order chi connectivity index (χ1) is 6.65. The number of anilines is 1. The van der Waals surface area contributed by atoms with E-state index in [4.69, 9.17) is 0 Å². The van der Waals surface area contributed by atoms with Gasteiger partial charge in [-0.25, -0.2) is 0 Å². The highest BCUT2D eigenvalue weighted by molar-refractivity contribution is 5.32. The zero-order chi connectivity index (χ0) is 10.1. The van der Waals surface area contributed by atoms with Crippen LogP contribution in [-0.2, 0) is 0 Å². The van der Waals surface area contributed by atoms with Gasteiger partial charge in [0.05, 0.1) is 0 Å². The van der Waals surface area contributed by atoms with Gasteiger partial charge in [-0.1, -0.05) is 6.92 Å². The fraction of sp³-hybridized carbons (Fsp3) is 0.556. The molecule has 1 aliphatic rings. The largest absolute Gasteiger partial charge is 0.370 e. The summed E-state index contributed by atoms with van der Waals surface area (Å²) in [6.07, 6.45) is 0.139. The van der Waals surface area contributed by atoms with Crippen molar-refractivity contribution in [2.24, 2.45) is 11.8 Å². The lowest BCUT2D eigenvalue weighted by atomic mass is 10.3. The lowest BCUT2D eigenvalue weighted by molar-refractivity contribution is 0.484. The van der Waals surface area contributed by atoms with Crippen molar-refractivity contribution in [1.29, 1.82) is 0 Å². The van der Waals surface area contributed by atoms with Crippen molar-refractivity contribution in [2.45, 2.75) is 13.3 Å². The van der Waals surface area contributed by atoms with Crippen LogP contribution in [0.4, 0.5) is 14.6 Å². The number of hydrogen-bond donors (Lipinski definition) is 1. The number of rotatable bonds is 3. The summed E-state index contributed by atoms with van der Waals surface area (Å²) >= 11 is 0. The van der Waals surface area contributed by atoms with Gasteiger partial charge in [0.25, 0.3) is 0 Å². The highest BCUT2D eigenvalue weighted by atomic mass is 19.1. The van der Waals surface area contributed by atoms with E-state index >= 15 is 0 Å². The molecule has 14 heavy (non-hydrogen) atoms. The fourth-order valence-corrected chi connectivity index (χ4v) is 1.40. The first-order valence-corrected chi connectivity index (χ1v) is 4.59. The maximum atomic E-state index is 12.6. The molecular formula is C9H11F2N3. The Labute approximate surface area is 80.6 Å². The normalized spacial score (nSPS) is 24.8. The van der Waals surface area contributed by atoms with E-state index in [0.717, 1.165) is 12.6 Å². The van der Waals surface area contributed by atoms with E-state index in [2.05, 4.69) is 22.2 Å². The maximum Gasteiger partial charge on any atom is 0.313 e. The van der Waals surface area contributed by atoms with Crippen molar-refractivity contribution < 1.29 is 8.78 Å². The van der Waals surface area contributed by atoms with Crippen LogP contribution in [0.25, 0.3) is 0 Å². The Hall–Kier alpha value is -1.26. The molecule has 1 aromatic heterocycles. The average molecular weight is 199 g/mol. The van der Waals surface area contributed by atoms with Gasteiger partial charge < -0.3 is 5.32 Å². The molecule has 5 heteroatoms. The second-order valence-corrected chi connectivity index (χ2v) is 3.70. The minimum absolute atomic E-state index is 0.217. The molecule has 0 saturated heterocycles. The summed E-state index contributed by atoms with van der Waals surface area (Å²) in [4.78, 5) is 6.34. The number of halogens is 2. The highest BCUT2D eigenvalue weighted by Crippen LogP contribution is 2.37. The van der Waals surface area contributed by atoms with Crippen LogP contribution in [0.5, 0.6) is 0 Å². The van der Waals surface area contributed by atoms with Crippen LogP contribution in [0, 0.1) is 23.9 Å². The molecule has 0 radical (unpaired) electrons. The van der Waals surface area contributed by atoms with Crippen LogP contribution < -0.4 is 5.32 Å². The Morgan fingerprint density at radius 2 is 2.21 bits per heavy atom. The first-order valence-electron chi connectivity index (χ1n) is 4.59. The molecule has 1 heterocycles. The Bertz CT molecular complexity index is 323. The molecule has 0 amide bonds. The monoisotopic (exact) mass is 199 g/mol. The summed E-state index contributed by atoms with van der Waals surface area (Å²) in [7, 11) is 0. The van der Waals surface area contributed by atoms with Crippen molar-refractivity contribution in [3.63, 3.8) is 0 Å². The highest BCUT2D eigenvalue weighted by Gasteiger charge is 2.31. The van der Waals surface area contributed by atoms with E-state index in [1.165, 1.54) is 6.42 Å². The molecule has 3 nitrogen and oxygen atoms in total. The van der Waals surface area contributed by atoms with E-state index in [0.29, 0.717) is 11.8 Å². The number of nitrogens with one attached hydrogen (secondary N) is 1. The fourth-order valence-electron chi connectivity index (χ4n) is 1.40.